The van der Waals surface area contributed by atoms with Crippen LogP contribution in [-0.4, -0.2) is 21.1 Å². The molecule has 1 fully saturated rings. The van der Waals surface area contributed by atoms with Gasteiger partial charge in [0.05, 0.1) is 28.8 Å². The molecule has 0 bridgehead atoms. The Hall–Kier alpha value is -2.30. The van der Waals surface area contributed by atoms with Crippen LogP contribution in [0.25, 0.3) is 0 Å². The van der Waals surface area contributed by atoms with Crippen molar-refractivity contribution in [3.63, 3.8) is 0 Å². The van der Waals surface area contributed by atoms with E-state index in [0.717, 1.165) is 24.2 Å². The number of anilines is 1. The predicted octanol–water partition coefficient (Wildman–Crippen LogP) is 2.31. The number of nitrogens with one attached hydrogen (secondary N) is 1. The molecule has 1 aliphatic carbocycles. The summed E-state index contributed by atoms with van der Waals surface area (Å²) in [5.41, 5.74) is 2.94. The first-order valence-corrected chi connectivity index (χ1v) is 6.30. The maximum atomic E-state index is 12.2. The normalized spacial score (nSPS) is 14.2. The van der Waals surface area contributed by atoms with Crippen molar-refractivity contribution in [1.82, 2.24) is 15.2 Å². The van der Waals surface area contributed by atoms with Crippen molar-refractivity contribution in [3.05, 3.63) is 47.5 Å². The number of pyridine rings is 1. The van der Waals surface area contributed by atoms with E-state index in [9.17, 15) is 4.79 Å². The highest BCUT2D eigenvalue weighted by Crippen LogP contribution is 2.42. The number of amides is 1. The predicted molar refractivity (Wildman–Crippen MR) is 70.9 cm³/mol. The van der Waals surface area contributed by atoms with Gasteiger partial charge in [-0.15, -0.1) is 0 Å². The van der Waals surface area contributed by atoms with E-state index in [1.54, 1.807) is 19.2 Å². The Bertz CT molecular complexity index is 622. The van der Waals surface area contributed by atoms with Crippen molar-refractivity contribution in [3.8, 4) is 0 Å². The third-order valence-electron chi connectivity index (χ3n) is 3.20. The van der Waals surface area contributed by atoms with Crippen LogP contribution < -0.4 is 5.32 Å². The molecule has 0 saturated heterocycles. The Balaban J connectivity index is 1.86. The van der Waals surface area contributed by atoms with E-state index in [2.05, 4.69) is 20.5 Å². The van der Waals surface area contributed by atoms with E-state index in [-0.39, 0.29) is 5.91 Å². The fourth-order valence-electron chi connectivity index (χ4n) is 2.04. The molecule has 0 aliphatic heterocycles. The summed E-state index contributed by atoms with van der Waals surface area (Å²) in [6.45, 7) is 1.77. The van der Waals surface area contributed by atoms with E-state index in [1.165, 1.54) is 6.20 Å². The molecule has 1 amide bonds. The maximum Gasteiger partial charge on any atom is 0.257 e. The lowest BCUT2D eigenvalue weighted by molar-refractivity contribution is 0.102. The zero-order valence-corrected chi connectivity index (χ0v) is 10.6. The summed E-state index contributed by atoms with van der Waals surface area (Å²) < 4.78 is 0. The van der Waals surface area contributed by atoms with Gasteiger partial charge < -0.3 is 5.32 Å². The number of hydrogen-bond donors (Lipinski definition) is 1. The van der Waals surface area contributed by atoms with Gasteiger partial charge in [0.1, 0.15) is 0 Å². The summed E-state index contributed by atoms with van der Waals surface area (Å²) in [7, 11) is 0. The summed E-state index contributed by atoms with van der Waals surface area (Å²) in [5.74, 6) is 0.329. The molecule has 19 heavy (non-hydrogen) atoms. The molecule has 5 heteroatoms. The lowest BCUT2D eigenvalue weighted by Crippen LogP contribution is -2.15. The molecular weight excluding hydrogens is 240 g/mol. The second-order valence-electron chi connectivity index (χ2n) is 4.69. The Morgan fingerprint density at radius 3 is 2.89 bits per heavy atom. The Morgan fingerprint density at radius 2 is 2.16 bits per heavy atom. The van der Waals surface area contributed by atoms with Crippen molar-refractivity contribution >= 4 is 11.6 Å². The van der Waals surface area contributed by atoms with Gasteiger partial charge in [-0.25, -0.2) is 0 Å². The number of nitrogens with zero attached hydrogens (tertiary/aromatic N) is 3. The minimum atomic E-state index is -0.165. The first-order valence-electron chi connectivity index (χ1n) is 6.30. The fraction of sp³-hybridized carbons (Fsp3) is 0.286. The zero-order valence-electron chi connectivity index (χ0n) is 10.6. The van der Waals surface area contributed by atoms with Crippen LogP contribution in [-0.2, 0) is 0 Å². The average molecular weight is 254 g/mol. The van der Waals surface area contributed by atoms with E-state index < -0.39 is 0 Å². The van der Waals surface area contributed by atoms with Crippen LogP contribution in [0.3, 0.4) is 0 Å². The Kier molecular flexibility index (Phi) is 2.95. The van der Waals surface area contributed by atoms with Gasteiger partial charge in [-0.3, -0.25) is 9.78 Å². The summed E-state index contributed by atoms with van der Waals surface area (Å²) in [6, 6.07) is 5.40. The molecule has 1 aliphatic rings. The first-order chi connectivity index (χ1) is 9.25. The summed E-state index contributed by atoms with van der Waals surface area (Å²) >= 11 is 0. The van der Waals surface area contributed by atoms with Gasteiger partial charge >= 0.3 is 0 Å². The number of aryl methyl sites for hydroxylation is 1. The summed E-state index contributed by atoms with van der Waals surface area (Å²) in [5, 5.41) is 10.6. The van der Waals surface area contributed by atoms with E-state index in [0.29, 0.717) is 17.2 Å². The average Bonchev–Trinajstić information content (AvgIpc) is 3.24. The molecule has 0 aromatic carbocycles. The van der Waals surface area contributed by atoms with Gasteiger partial charge in [0.2, 0.25) is 0 Å². The zero-order chi connectivity index (χ0) is 13.2. The number of hydrogen-bond acceptors (Lipinski definition) is 4. The highest BCUT2D eigenvalue weighted by Gasteiger charge is 2.28. The lowest BCUT2D eigenvalue weighted by atomic mass is 10.2. The van der Waals surface area contributed by atoms with Crippen molar-refractivity contribution in [2.75, 3.05) is 5.32 Å². The van der Waals surface area contributed by atoms with Crippen molar-refractivity contribution < 1.29 is 4.79 Å². The molecule has 0 atom stereocenters. The summed E-state index contributed by atoms with van der Waals surface area (Å²) in [4.78, 5) is 16.6. The maximum absolute atomic E-state index is 12.2. The largest absolute Gasteiger partial charge is 0.320 e. The van der Waals surface area contributed by atoms with Crippen LogP contribution in [0.2, 0.25) is 0 Å². The SMILES string of the molecule is Cc1nnccc1C(=O)Nc1cccnc1C1CC1. The highest BCUT2D eigenvalue weighted by atomic mass is 16.1. The van der Waals surface area contributed by atoms with E-state index in [1.807, 2.05) is 12.1 Å². The fourth-order valence-corrected chi connectivity index (χ4v) is 2.04. The van der Waals surface area contributed by atoms with Gasteiger partial charge in [-0.05, 0) is 38.0 Å². The highest BCUT2D eigenvalue weighted by molar-refractivity contribution is 6.05. The van der Waals surface area contributed by atoms with Crippen LogP contribution in [0.4, 0.5) is 5.69 Å². The molecule has 3 rings (SSSR count). The third kappa shape index (κ3) is 2.45. The van der Waals surface area contributed by atoms with Crippen LogP contribution in [0.1, 0.15) is 40.5 Å². The van der Waals surface area contributed by atoms with Crippen LogP contribution >= 0.6 is 0 Å². The van der Waals surface area contributed by atoms with Crippen molar-refractivity contribution in [1.29, 1.82) is 0 Å². The van der Waals surface area contributed by atoms with E-state index in [4.69, 9.17) is 0 Å². The van der Waals surface area contributed by atoms with Crippen molar-refractivity contribution in [2.45, 2.75) is 25.7 Å². The molecule has 96 valence electrons. The van der Waals surface area contributed by atoms with Crippen LogP contribution in [0.15, 0.2) is 30.6 Å². The Morgan fingerprint density at radius 1 is 1.32 bits per heavy atom. The van der Waals surface area contributed by atoms with Crippen LogP contribution in [0, 0.1) is 6.92 Å². The Labute approximate surface area is 111 Å². The molecule has 0 radical (unpaired) electrons. The van der Waals surface area contributed by atoms with Gasteiger partial charge in [0.15, 0.2) is 0 Å². The quantitative estimate of drug-likeness (QED) is 0.912. The molecule has 1 N–H and O–H groups in total. The molecule has 0 spiro atoms. The van der Waals surface area contributed by atoms with E-state index >= 15 is 0 Å². The monoisotopic (exact) mass is 254 g/mol. The number of carbonyl (C=O) groups is 1. The lowest BCUT2D eigenvalue weighted by Gasteiger charge is -2.10. The van der Waals surface area contributed by atoms with Gasteiger partial charge in [0, 0.05) is 12.1 Å². The molecule has 2 aromatic heterocycles. The number of carbonyl (C=O) groups excluding carboxylic acids is 1. The standard InChI is InChI=1S/C14H14N4O/c1-9-11(6-8-16-18-9)14(19)17-12-3-2-7-15-13(12)10-4-5-10/h2-3,6-8,10H,4-5H2,1H3,(H,17,19). The van der Waals surface area contributed by atoms with Crippen molar-refractivity contribution in [2.24, 2.45) is 0 Å². The summed E-state index contributed by atoms with van der Waals surface area (Å²) in [6.07, 6.45) is 5.58. The number of aromatic nitrogens is 3. The minimum absolute atomic E-state index is 0.165. The van der Waals surface area contributed by atoms with Gasteiger partial charge in [-0.2, -0.15) is 10.2 Å². The molecule has 5 nitrogen and oxygen atoms in total. The second-order valence-corrected chi connectivity index (χ2v) is 4.69. The molecule has 1 saturated carbocycles. The molecule has 2 heterocycles. The van der Waals surface area contributed by atoms with Gasteiger partial charge in [-0.1, -0.05) is 0 Å². The third-order valence-corrected chi connectivity index (χ3v) is 3.20. The van der Waals surface area contributed by atoms with Crippen LogP contribution in [0.5, 0.6) is 0 Å². The molecule has 0 unspecified atom stereocenters. The second kappa shape index (κ2) is 4.76. The molecule has 2 aromatic rings. The minimum Gasteiger partial charge on any atom is -0.320 e. The smallest absolute Gasteiger partial charge is 0.257 e. The topological polar surface area (TPSA) is 67.8 Å². The molecular formula is C14H14N4O. The van der Waals surface area contributed by atoms with Gasteiger partial charge in [0.25, 0.3) is 5.91 Å². The first kappa shape index (κ1) is 11.8. The number of rotatable bonds is 3.